The molecular weight excluding hydrogens is 254 g/mol. The number of hydrogen-bond acceptors (Lipinski definition) is 3. The van der Waals surface area contributed by atoms with Gasteiger partial charge in [0.15, 0.2) is 0 Å². The fourth-order valence-electron chi connectivity index (χ4n) is 1.86. The summed E-state index contributed by atoms with van der Waals surface area (Å²) < 4.78 is 1.79. The van der Waals surface area contributed by atoms with E-state index in [1.807, 2.05) is 26.1 Å². The Labute approximate surface area is 118 Å². The van der Waals surface area contributed by atoms with Crippen molar-refractivity contribution in [3.63, 3.8) is 0 Å². The van der Waals surface area contributed by atoms with Gasteiger partial charge in [0, 0.05) is 44.3 Å². The molecule has 0 saturated carbocycles. The van der Waals surface area contributed by atoms with Crippen LogP contribution in [-0.2, 0) is 13.6 Å². The monoisotopic (exact) mass is 273 g/mol. The van der Waals surface area contributed by atoms with Crippen molar-refractivity contribution < 1.29 is 4.79 Å². The van der Waals surface area contributed by atoms with Gasteiger partial charge in [-0.3, -0.25) is 9.67 Å². The van der Waals surface area contributed by atoms with Crippen LogP contribution >= 0.6 is 0 Å². The molecule has 0 atom stereocenters. The highest BCUT2D eigenvalue weighted by molar-refractivity contribution is 5.73. The molecule has 2 aromatic rings. The molecule has 0 radical (unpaired) electrons. The molecule has 2 aromatic heterocycles. The highest BCUT2D eigenvalue weighted by atomic mass is 16.2. The van der Waals surface area contributed by atoms with Crippen LogP contribution in [0.3, 0.4) is 0 Å². The lowest BCUT2D eigenvalue weighted by atomic mass is 10.1. The zero-order valence-corrected chi connectivity index (χ0v) is 11.8. The van der Waals surface area contributed by atoms with E-state index in [9.17, 15) is 4.79 Å². The third-order valence-electron chi connectivity index (χ3n) is 2.90. The van der Waals surface area contributed by atoms with E-state index >= 15 is 0 Å². The van der Waals surface area contributed by atoms with Crippen molar-refractivity contribution in [3.05, 3.63) is 36.3 Å². The Morgan fingerprint density at radius 1 is 1.35 bits per heavy atom. The average Bonchev–Trinajstić information content (AvgIpc) is 2.89. The summed E-state index contributed by atoms with van der Waals surface area (Å²) in [5.74, 6) is 0. The van der Waals surface area contributed by atoms with Gasteiger partial charge >= 0.3 is 6.03 Å². The van der Waals surface area contributed by atoms with Crippen LogP contribution in [0.25, 0.3) is 11.3 Å². The lowest BCUT2D eigenvalue weighted by Crippen LogP contribution is -2.35. The second-order valence-electron chi connectivity index (χ2n) is 4.53. The molecule has 2 rings (SSSR count). The molecule has 0 aliphatic rings. The third-order valence-corrected chi connectivity index (χ3v) is 2.90. The summed E-state index contributed by atoms with van der Waals surface area (Å²) in [4.78, 5) is 15.7. The maximum absolute atomic E-state index is 11.5. The zero-order valence-electron chi connectivity index (χ0n) is 11.8. The minimum atomic E-state index is -0.155. The summed E-state index contributed by atoms with van der Waals surface area (Å²) in [6.45, 7) is 3.15. The number of nitrogens with one attached hydrogen (secondary N) is 2. The van der Waals surface area contributed by atoms with Crippen LogP contribution in [0.5, 0.6) is 0 Å². The number of carbonyl (C=O) groups excluding carboxylic acids is 1. The first-order chi connectivity index (χ1) is 9.70. The van der Waals surface area contributed by atoms with E-state index in [2.05, 4.69) is 20.7 Å². The van der Waals surface area contributed by atoms with Gasteiger partial charge in [0.2, 0.25) is 0 Å². The van der Waals surface area contributed by atoms with Gasteiger partial charge in [-0.2, -0.15) is 5.10 Å². The molecule has 106 valence electrons. The predicted molar refractivity (Wildman–Crippen MR) is 77.0 cm³/mol. The summed E-state index contributed by atoms with van der Waals surface area (Å²) in [7, 11) is 1.89. The molecule has 0 aliphatic carbocycles. The van der Waals surface area contributed by atoms with E-state index in [0.29, 0.717) is 13.1 Å². The van der Waals surface area contributed by atoms with Crippen LogP contribution in [0.1, 0.15) is 18.9 Å². The Balaban J connectivity index is 2.00. The van der Waals surface area contributed by atoms with Gasteiger partial charge in [0.25, 0.3) is 0 Å². The molecule has 0 fully saturated rings. The number of aryl methyl sites for hydroxylation is 1. The number of nitrogens with zero attached hydrogens (tertiary/aromatic N) is 3. The number of rotatable bonds is 5. The third kappa shape index (κ3) is 3.57. The van der Waals surface area contributed by atoms with Crippen LogP contribution in [0, 0.1) is 0 Å². The minimum absolute atomic E-state index is 0.155. The van der Waals surface area contributed by atoms with Gasteiger partial charge in [-0.25, -0.2) is 4.79 Å². The predicted octanol–water partition coefficient (Wildman–Crippen LogP) is 1.69. The van der Waals surface area contributed by atoms with Gasteiger partial charge in [-0.05, 0) is 24.1 Å². The Morgan fingerprint density at radius 3 is 2.90 bits per heavy atom. The molecule has 0 spiro atoms. The smallest absolute Gasteiger partial charge is 0.315 e. The van der Waals surface area contributed by atoms with Gasteiger partial charge in [0.1, 0.15) is 0 Å². The lowest BCUT2D eigenvalue weighted by Gasteiger charge is -2.08. The van der Waals surface area contributed by atoms with Crippen LogP contribution in [0.4, 0.5) is 4.79 Å². The molecule has 6 heteroatoms. The molecule has 2 amide bonds. The van der Waals surface area contributed by atoms with E-state index in [0.717, 1.165) is 23.2 Å². The summed E-state index contributed by atoms with van der Waals surface area (Å²) in [6, 6.07) is 3.78. The molecule has 0 saturated heterocycles. The largest absolute Gasteiger partial charge is 0.338 e. The van der Waals surface area contributed by atoms with Crippen LogP contribution in [-0.4, -0.2) is 27.3 Å². The fourth-order valence-corrected chi connectivity index (χ4v) is 1.86. The number of urea groups is 1. The Morgan fingerprint density at radius 2 is 2.20 bits per heavy atom. The van der Waals surface area contributed by atoms with Gasteiger partial charge < -0.3 is 10.6 Å². The first-order valence-electron chi connectivity index (χ1n) is 6.64. The number of amides is 2. The maximum atomic E-state index is 11.5. The van der Waals surface area contributed by atoms with E-state index < -0.39 is 0 Å². The summed E-state index contributed by atoms with van der Waals surface area (Å²) in [5.41, 5.74) is 2.93. The van der Waals surface area contributed by atoms with Crippen LogP contribution in [0.2, 0.25) is 0 Å². The minimum Gasteiger partial charge on any atom is -0.338 e. The van der Waals surface area contributed by atoms with Gasteiger partial charge in [-0.15, -0.1) is 0 Å². The molecule has 0 unspecified atom stereocenters. The number of carbonyl (C=O) groups is 1. The standard InChI is InChI=1S/C14H19N5O/c1-3-5-16-14(20)17-9-11-7-12(10-15-8-11)13-4-6-18-19(13)2/h4,6-8,10H,3,5,9H2,1-2H3,(H2,16,17,20). The lowest BCUT2D eigenvalue weighted by molar-refractivity contribution is 0.240. The molecular formula is C14H19N5O. The highest BCUT2D eigenvalue weighted by Gasteiger charge is 2.05. The normalized spacial score (nSPS) is 10.3. The van der Waals surface area contributed by atoms with Crippen molar-refractivity contribution in [1.29, 1.82) is 0 Å². The van der Waals surface area contributed by atoms with Gasteiger partial charge in [0.05, 0.1) is 5.69 Å². The highest BCUT2D eigenvalue weighted by Crippen LogP contribution is 2.17. The van der Waals surface area contributed by atoms with Gasteiger partial charge in [-0.1, -0.05) is 6.92 Å². The second kappa shape index (κ2) is 6.70. The first-order valence-corrected chi connectivity index (χ1v) is 6.64. The maximum Gasteiger partial charge on any atom is 0.315 e. The summed E-state index contributed by atoms with van der Waals surface area (Å²) >= 11 is 0. The zero-order chi connectivity index (χ0) is 14.4. The molecule has 2 heterocycles. The van der Waals surface area contributed by atoms with Crippen molar-refractivity contribution in [1.82, 2.24) is 25.4 Å². The second-order valence-corrected chi connectivity index (χ2v) is 4.53. The molecule has 20 heavy (non-hydrogen) atoms. The summed E-state index contributed by atoms with van der Waals surface area (Å²) in [6.07, 6.45) is 6.21. The molecule has 0 aliphatic heterocycles. The average molecular weight is 273 g/mol. The van der Waals surface area contributed by atoms with E-state index in [1.54, 1.807) is 23.3 Å². The summed E-state index contributed by atoms with van der Waals surface area (Å²) in [5, 5.41) is 9.72. The topological polar surface area (TPSA) is 71.8 Å². The van der Waals surface area contributed by atoms with E-state index in [4.69, 9.17) is 0 Å². The van der Waals surface area contributed by atoms with Crippen molar-refractivity contribution in [2.45, 2.75) is 19.9 Å². The van der Waals surface area contributed by atoms with Crippen molar-refractivity contribution in [3.8, 4) is 11.3 Å². The number of pyridine rings is 1. The quantitative estimate of drug-likeness (QED) is 0.870. The van der Waals surface area contributed by atoms with Crippen molar-refractivity contribution in [2.75, 3.05) is 6.54 Å². The fraction of sp³-hybridized carbons (Fsp3) is 0.357. The van der Waals surface area contributed by atoms with E-state index in [-0.39, 0.29) is 6.03 Å². The number of hydrogen-bond donors (Lipinski definition) is 2. The number of aromatic nitrogens is 3. The molecule has 0 aromatic carbocycles. The Bertz CT molecular complexity index is 578. The van der Waals surface area contributed by atoms with Crippen molar-refractivity contribution >= 4 is 6.03 Å². The van der Waals surface area contributed by atoms with E-state index in [1.165, 1.54) is 0 Å². The van der Waals surface area contributed by atoms with Crippen molar-refractivity contribution in [2.24, 2.45) is 7.05 Å². The first kappa shape index (κ1) is 14.0. The Hall–Kier alpha value is -2.37. The molecule has 2 N–H and O–H groups in total. The van der Waals surface area contributed by atoms with Crippen LogP contribution < -0.4 is 10.6 Å². The van der Waals surface area contributed by atoms with Crippen LogP contribution in [0.15, 0.2) is 30.7 Å². The molecule has 6 nitrogen and oxygen atoms in total. The SMILES string of the molecule is CCCNC(=O)NCc1cncc(-c2ccnn2C)c1. The Kier molecular flexibility index (Phi) is 4.70. The molecule has 0 bridgehead atoms.